The highest BCUT2D eigenvalue weighted by Crippen LogP contribution is 2.27. The van der Waals surface area contributed by atoms with E-state index in [1.165, 1.54) is 22.3 Å². The second kappa shape index (κ2) is 7.08. The summed E-state index contributed by atoms with van der Waals surface area (Å²) >= 11 is 0. The summed E-state index contributed by atoms with van der Waals surface area (Å²) in [5.74, 6) is 0. The zero-order valence-corrected chi connectivity index (χ0v) is 13.8. The number of unbranched alkanes of at least 4 members (excludes halogenated alkanes) is 1. The Kier molecular flexibility index (Phi) is 6.01. The van der Waals surface area contributed by atoms with Gasteiger partial charge in [0.1, 0.15) is 0 Å². The van der Waals surface area contributed by atoms with E-state index in [1.54, 1.807) is 0 Å². The molecule has 0 radical (unpaired) electrons. The lowest BCUT2D eigenvalue weighted by molar-refractivity contribution is 0.162. The number of hydrogen-bond acceptors (Lipinski definition) is 1. The minimum Gasteiger partial charge on any atom is -0.393 e. The quantitative estimate of drug-likeness (QED) is 0.580. The molecular formula is C19H30O. The van der Waals surface area contributed by atoms with E-state index in [9.17, 15) is 5.11 Å². The van der Waals surface area contributed by atoms with Crippen LogP contribution in [0.3, 0.4) is 0 Å². The molecule has 0 saturated carbocycles. The third-order valence-electron chi connectivity index (χ3n) is 3.95. The molecule has 20 heavy (non-hydrogen) atoms. The summed E-state index contributed by atoms with van der Waals surface area (Å²) in [6, 6.07) is 4.55. The molecule has 0 heterocycles. The van der Waals surface area contributed by atoms with Gasteiger partial charge in [0.25, 0.3) is 0 Å². The van der Waals surface area contributed by atoms with Crippen LogP contribution in [0.4, 0.5) is 0 Å². The molecule has 1 rings (SSSR count). The number of rotatable bonds is 6. The van der Waals surface area contributed by atoms with Crippen molar-refractivity contribution < 1.29 is 5.11 Å². The normalized spacial score (nSPS) is 13.3. The van der Waals surface area contributed by atoms with E-state index in [4.69, 9.17) is 0 Å². The van der Waals surface area contributed by atoms with Gasteiger partial charge in [-0.2, -0.15) is 0 Å². The van der Waals surface area contributed by atoms with Crippen LogP contribution in [0, 0.1) is 13.8 Å². The van der Waals surface area contributed by atoms with Gasteiger partial charge in [0.05, 0.1) is 6.10 Å². The first kappa shape index (κ1) is 17.0. The fourth-order valence-corrected chi connectivity index (χ4v) is 2.58. The van der Waals surface area contributed by atoms with Gasteiger partial charge in [-0.1, -0.05) is 39.0 Å². The fourth-order valence-electron chi connectivity index (χ4n) is 2.58. The van der Waals surface area contributed by atoms with Crippen LogP contribution < -0.4 is 0 Å². The van der Waals surface area contributed by atoms with Crippen LogP contribution in [0.25, 0.3) is 0 Å². The summed E-state index contributed by atoms with van der Waals surface area (Å²) in [4.78, 5) is 0. The lowest BCUT2D eigenvalue weighted by atomic mass is 9.83. The van der Waals surface area contributed by atoms with Crippen LogP contribution in [0.2, 0.25) is 0 Å². The molecule has 0 fully saturated rings. The molecule has 1 nitrogen and oxygen atoms in total. The third-order valence-corrected chi connectivity index (χ3v) is 3.95. The molecule has 1 unspecified atom stereocenters. The topological polar surface area (TPSA) is 20.2 Å². The summed E-state index contributed by atoms with van der Waals surface area (Å²) in [5.41, 5.74) is 5.47. The van der Waals surface area contributed by atoms with Crippen LogP contribution in [0.5, 0.6) is 0 Å². The summed E-state index contributed by atoms with van der Waals surface area (Å²) in [7, 11) is 0. The maximum Gasteiger partial charge on any atom is 0.0580 e. The standard InChI is InChI=1S/C19H30O/c1-7-8-9-10-17(20)13-18-14(2)11-16(12-15(18)3)19(4,5)6/h7,11-12,17,20H,1,8-10,13H2,2-6H3. The highest BCUT2D eigenvalue weighted by atomic mass is 16.3. The number of aryl methyl sites for hydroxylation is 2. The second-order valence-electron chi connectivity index (χ2n) is 6.92. The van der Waals surface area contributed by atoms with Gasteiger partial charge >= 0.3 is 0 Å². The molecule has 0 saturated heterocycles. The zero-order chi connectivity index (χ0) is 15.3. The molecular weight excluding hydrogens is 244 g/mol. The lowest BCUT2D eigenvalue weighted by Crippen LogP contribution is -2.15. The highest BCUT2D eigenvalue weighted by molar-refractivity contribution is 5.40. The monoisotopic (exact) mass is 274 g/mol. The van der Waals surface area contributed by atoms with Gasteiger partial charge in [-0.05, 0) is 67.2 Å². The van der Waals surface area contributed by atoms with Crippen molar-refractivity contribution in [1.29, 1.82) is 0 Å². The lowest BCUT2D eigenvalue weighted by Gasteiger charge is -2.23. The Balaban J connectivity index is 2.84. The number of benzene rings is 1. The number of hydrogen-bond donors (Lipinski definition) is 1. The van der Waals surface area contributed by atoms with Gasteiger partial charge in [-0.15, -0.1) is 6.58 Å². The van der Waals surface area contributed by atoms with Crippen molar-refractivity contribution in [1.82, 2.24) is 0 Å². The largest absolute Gasteiger partial charge is 0.393 e. The van der Waals surface area contributed by atoms with E-state index in [0.717, 1.165) is 25.7 Å². The molecule has 1 heteroatoms. The molecule has 1 atom stereocenters. The smallest absolute Gasteiger partial charge is 0.0580 e. The molecule has 0 aromatic heterocycles. The molecule has 112 valence electrons. The van der Waals surface area contributed by atoms with E-state index in [2.05, 4.69) is 53.3 Å². The average molecular weight is 274 g/mol. The first-order valence-electron chi connectivity index (χ1n) is 7.65. The molecule has 0 bridgehead atoms. The molecule has 0 amide bonds. The van der Waals surface area contributed by atoms with Crippen molar-refractivity contribution in [3.05, 3.63) is 47.0 Å². The molecule has 1 N–H and O–H groups in total. The summed E-state index contributed by atoms with van der Waals surface area (Å²) in [6.45, 7) is 14.8. The predicted molar refractivity (Wildman–Crippen MR) is 88.4 cm³/mol. The van der Waals surface area contributed by atoms with Gasteiger partial charge in [0.2, 0.25) is 0 Å². The van der Waals surface area contributed by atoms with Crippen molar-refractivity contribution in [3.63, 3.8) is 0 Å². The minimum absolute atomic E-state index is 0.177. The average Bonchev–Trinajstić information content (AvgIpc) is 2.32. The number of aliphatic hydroxyl groups excluding tert-OH is 1. The van der Waals surface area contributed by atoms with Crippen molar-refractivity contribution in [2.24, 2.45) is 0 Å². The summed E-state index contributed by atoms with van der Waals surface area (Å²) in [5, 5.41) is 10.2. The Morgan fingerprint density at radius 1 is 1.20 bits per heavy atom. The van der Waals surface area contributed by atoms with Crippen molar-refractivity contribution in [3.8, 4) is 0 Å². The van der Waals surface area contributed by atoms with Crippen LogP contribution >= 0.6 is 0 Å². The SMILES string of the molecule is C=CCCCC(O)Cc1c(C)cc(C(C)(C)C)cc1C. The first-order chi connectivity index (χ1) is 9.25. The molecule has 1 aromatic carbocycles. The van der Waals surface area contributed by atoms with E-state index < -0.39 is 0 Å². The first-order valence-corrected chi connectivity index (χ1v) is 7.65. The van der Waals surface area contributed by atoms with Gasteiger partial charge in [-0.25, -0.2) is 0 Å². The van der Waals surface area contributed by atoms with Crippen LogP contribution in [-0.4, -0.2) is 11.2 Å². The van der Waals surface area contributed by atoms with Gasteiger partial charge < -0.3 is 5.11 Å². The molecule has 1 aromatic rings. The van der Waals surface area contributed by atoms with E-state index >= 15 is 0 Å². The van der Waals surface area contributed by atoms with Gasteiger partial charge in [0, 0.05) is 0 Å². The van der Waals surface area contributed by atoms with Crippen molar-refractivity contribution in [2.75, 3.05) is 0 Å². The zero-order valence-electron chi connectivity index (χ0n) is 13.8. The fraction of sp³-hybridized carbons (Fsp3) is 0.579. The van der Waals surface area contributed by atoms with Crippen molar-refractivity contribution in [2.45, 2.75) is 71.8 Å². The van der Waals surface area contributed by atoms with E-state index in [1.807, 2.05) is 6.08 Å². The maximum absolute atomic E-state index is 10.2. The van der Waals surface area contributed by atoms with Crippen LogP contribution in [-0.2, 0) is 11.8 Å². The van der Waals surface area contributed by atoms with E-state index in [-0.39, 0.29) is 11.5 Å². The second-order valence-corrected chi connectivity index (χ2v) is 6.92. The number of allylic oxidation sites excluding steroid dienone is 1. The molecule has 0 spiro atoms. The Morgan fingerprint density at radius 2 is 1.75 bits per heavy atom. The van der Waals surface area contributed by atoms with Crippen LogP contribution in [0.15, 0.2) is 24.8 Å². The minimum atomic E-state index is -0.243. The Labute approximate surface area is 124 Å². The summed E-state index contributed by atoms with van der Waals surface area (Å²) < 4.78 is 0. The highest BCUT2D eigenvalue weighted by Gasteiger charge is 2.17. The van der Waals surface area contributed by atoms with Gasteiger partial charge in [-0.3, -0.25) is 0 Å². The predicted octanol–water partition coefficient (Wildman–Crippen LogP) is 4.86. The Morgan fingerprint density at radius 3 is 2.20 bits per heavy atom. The number of aliphatic hydroxyl groups is 1. The molecule has 0 aliphatic heterocycles. The maximum atomic E-state index is 10.2. The molecule has 0 aliphatic rings. The van der Waals surface area contributed by atoms with Gasteiger partial charge in [0.15, 0.2) is 0 Å². The Hall–Kier alpha value is -1.08. The van der Waals surface area contributed by atoms with E-state index in [0.29, 0.717) is 0 Å². The summed E-state index contributed by atoms with van der Waals surface area (Å²) in [6.07, 6.45) is 5.29. The molecule has 0 aliphatic carbocycles. The Bertz CT molecular complexity index is 428. The third kappa shape index (κ3) is 4.79. The van der Waals surface area contributed by atoms with Crippen LogP contribution in [0.1, 0.15) is 62.3 Å². The van der Waals surface area contributed by atoms with Crippen molar-refractivity contribution >= 4 is 0 Å².